The monoisotopic (exact) mass is 394 g/mol. The highest BCUT2D eigenvalue weighted by molar-refractivity contribution is 7.81. The highest BCUT2D eigenvalue weighted by Crippen LogP contribution is 2.39. The first-order valence-electron chi connectivity index (χ1n) is 7.24. The summed E-state index contributed by atoms with van der Waals surface area (Å²) in [6.45, 7) is 1.90. The molecular weight excluding hydrogens is 382 g/mol. The van der Waals surface area contributed by atoms with Gasteiger partial charge in [-0.1, -0.05) is 23.7 Å². The second kappa shape index (κ2) is 7.13. The maximum atomic E-state index is 11.8. The number of rotatable bonds is 5. The lowest BCUT2D eigenvalue weighted by Crippen LogP contribution is -2.24. The third kappa shape index (κ3) is 3.69. The molecule has 5 nitrogen and oxygen atoms in total. The quantitative estimate of drug-likeness (QED) is 0.652. The van der Waals surface area contributed by atoms with Crippen LogP contribution >= 0.6 is 22.9 Å². The van der Waals surface area contributed by atoms with Gasteiger partial charge in [0.1, 0.15) is 5.00 Å². The van der Waals surface area contributed by atoms with Gasteiger partial charge < -0.3 is 9.66 Å². The zero-order chi connectivity index (χ0) is 18.1. The molecule has 0 aliphatic carbocycles. The number of hydrogen-bond donors (Lipinski definition) is 1. The Balaban J connectivity index is 2.02. The summed E-state index contributed by atoms with van der Waals surface area (Å²) in [5.41, 5.74) is 1.54. The first-order chi connectivity index (χ1) is 11.9. The van der Waals surface area contributed by atoms with Crippen molar-refractivity contribution in [2.45, 2.75) is 13.5 Å². The van der Waals surface area contributed by atoms with Crippen LogP contribution in [-0.2, 0) is 17.8 Å². The minimum absolute atomic E-state index is 0.0542. The number of nitrogens with zero attached hydrogens (tertiary/aromatic N) is 1. The lowest BCUT2D eigenvalue weighted by molar-refractivity contribution is 0.0696. The molecule has 0 spiro atoms. The second-order valence-corrected chi connectivity index (χ2v) is 7.77. The molecule has 1 atom stereocenters. The van der Waals surface area contributed by atoms with E-state index in [1.807, 2.05) is 19.1 Å². The molecule has 0 fully saturated rings. The second-order valence-electron chi connectivity index (χ2n) is 5.43. The van der Waals surface area contributed by atoms with E-state index in [1.54, 1.807) is 18.2 Å². The number of carboxylic acid groups (broad SMARTS) is 1. The van der Waals surface area contributed by atoms with E-state index in [2.05, 4.69) is 0 Å². The first-order valence-corrected chi connectivity index (χ1v) is 9.47. The van der Waals surface area contributed by atoms with Gasteiger partial charge >= 0.3 is 5.97 Å². The van der Waals surface area contributed by atoms with Crippen molar-refractivity contribution in [1.82, 2.24) is 0 Å². The lowest BCUT2D eigenvalue weighted by Gasteiger charge is -2.26. The minimum atomic E-state index is -2.50. The van der Waals surface area contributed by atoms with Crippen molar-refractivity contribution >= 4 is 55.3 Å². The Morgan fingerprint density at radius 3 is 2.76 bits per heavy atom. The van der Waals surface area contributed by atoms with Crippen molar-refractivity contribution in [2.75, 3.05) is 4.31 Å². The fourth-order valence-electron chi connectivity index (χ4n) is 2.58. The number of halogens is 1. The molecule has 0 aliphatic rings. The summed E-state index contributed by atoms with van der Waals surface area (Å²) in [5.74, 6) is -1.05. The van der Waals surface area contributed by atoms with E-state index in [4.69, 9.17) is 16.7 Å². The van der Waals surface area contributed by atoms with Crippen molar-refractivity contribution in [3.63, 3.8) is 0 Å². The maximum Gasteiger partial charge on any atom is 0.335 e. The number of anilines is 1. The van der Waals surface area contributed by atoms with Gasteiger partial charge in [-0.15, -0.1) is 11.3 Å². The highest BCUT2D eigenvalue weighted by atomic mass is 35.5. The van der Waals surface area contributed by atoms with E-state index in [-0.39, 0.29) is 12.1 Å². The van der Waals surface area contributed by atoms with E-state index < -0.39 is 17.2 Å². The number of thiophene rings is 1. The van der Waals surface area contributed by atoms with Gasteiger partial charge in [0.05, 0.1) is 12.1 Å². The lowest BCUT2D eigenvalue weighted by atomic mass is 10.1. The Kier molecular flexibility index (Phi) is 5.10. The molecule has 1 unspecified atom stereocenters. The average Bonchev–Trinajstić information content (AvgIpc) is 2.89. The van der Waals surface area contributed by atoms with Crippen LogP contribution in [0.5, 0.6) is 0 Å². The number of fused-ring (bicyclic) bond motifs is 1. The van der Waals surface area contributed by atoms with Crippen LogP contribution in [0, 0.1) is 6.92 Å². The van der Waals surface area contributed by atoms with Crippen LogP contribution in [0.3, 0.4) is 0 Å². The number of hydrogen-bond acceptors (Lipinski definition) is 4. The molecule has 1 aromatic heterocycles. The largest absolute Gasteiger partial charge is 0.755 e. The van der Waals surface area contributed by atoms with Crippen LogP contribution < -0.4 is 4.31 Å². The summed E-state index contributed by atoms with van der Waals surface area (Å²) >= 11 is 4.89. The van der Waals surface area contributed by atoms with Crippen LogP contribution in [-0.4, -0.2) is 19.8 Å². The highest BCUT2D eigenvalue weighted by Gasteiger charge is 2.17. The third-order valence-corrected chi connectivity index (χ3v) is 6.10. The summed E-state index contributed by atoms with van der Waals surface area (Å²) in [5, 5.41) is 11.2. The fourth-order valence-corrected chi connectivity index (χ4v) is 4.67. The first kappa shape index (κ1) is 17.9. The molecule has 3 aromatic rings. The Morgan fingerprint density at radius 2 is 2.08 bits per heavy atom. The van der Waals surface area contributed by atoms with Gasteiger partial charge in [-0.3, -0.25) is 8.51 Å². The summed E-state index contributed by atoms with van der Waals surface area (Å²) in [6, 6.07) is 11.7. The van der Waals surface area contributed by atoms with Crippen LogP contribution in [0.2, 0.25) is 5.02 Å². The van der Waals surface area contributed by atoms with Gasteiger partial charge in [0.2, 0.25) is 0 Å². The summed E-state index contributed by atoms with van der Waals surface area (Å²) < 4.78 is 25.8. The molecule has 0 saturated carbocycles. The molecule has 3 rings (SSSR count). The van der Waals surface area contributed by atoms with E-state index >= 15 is 0 Å². The minimum Gasteiger partial charge on any atom is -0.755 e. The predicted molar refractivity (Wildman–Crippen MR) is 100 cm³/mol. The molecule has 0 bridgehead atoms. The molecule has 0 saturated heterocycles. The van der Waals surface area contributed by atoms with Gasteiger partial charge in [0, 0.05) is 21.0 Å². The van der Waals surface area contributed by atoms with Crippen molar-refractivity contribution in [1.29, 1.82) is 0 Å². The number of aryl methyl sites for hydroxylation is 1. The molecule has 8 heteroatoms. The Bertz CT molecular complexity index is 986. The van der Waals surface area contributed by atoms with E-state index in [0.29, 0.717) is 15.6 Å². The maximum absolute atomic E-state index is 11.8. The number of aromatic carboxylic acids is 1. The normalized spacial score (nSPS) is 12.3. The predicted octanol–water partition coefficient (Wildman–Crippen LogP) is 4.36. The average molecular weight is 395 g/mol. The fraction of sp³-hybridized carbons (Fsp3) is 0.118. The summed E-state index contributed by atoms with van der Waals surface area (Å²) in [4.78, 5) is 11.1. The van der Waals surface area contributed by atoms with E-state index in [1.165, 1.54) is 27.8 Å². The molecule has 1 N–H and O–H groups in total. The zero-order valence-electron chi connectivity index (χ0n) is 13.1. The molecule has 25 heavy (non-hydrogen) atoms. The molecular formula is C17H13ClNO4S2-. The molecule has 0 amide bonds. The SMILES string of the molecule is Cc1c(N(Cc2cccc(C(=O)O)c2)S(=O)[O-])sc2ccc(Cl)cc12. The number of carbonyl (C=O) groups is 1. The van der Waals surface area contributed by atoms with Gasteiger partial charge in [0.25, 0.3) is 0 Å². The van der Waals surface area contributed by atoms with E-state index in [0.717, 1.165) is 15.6 Å². The van der Waals surface area contributed by atoms with Crippen molar-refractivity contribution in [3.05, 3.63) is 64.2 Å². The van der Waals surface area contributed by atoms with Crippen molar-refractivity contribution in [2.24, 2.45) is 0 Å². The van der Waals surface area contributed by atoms with Crippen LogP contribution in [0.1, 0.15) is 21.5 Å². The van der Waals surface area contributed by atoms with E-state index in [9.17, 15) is 13.6 Å². The number of benzene rings is 2. The van der Waals surface area contributed by atoms with Gasteiger partial charge in [0.15, 0.2) is 0 Å². The Morgan fingerprint density at radius 1 is 1.32 bits per heavy atom. The van der Waals surface area contributed by atoms with Crippen LogP contribution in [0.15, 0.2) is 42.5 Å². The van der Waals surface area contributed by atoms with Crippen LogP contribution in [0.25, 0.3) is 10.1 Å². The van der Waals surface area contributed by atoms with Crippen molar-refractivity contribution in [3.8, 4) is 0 Å². The third-order valence-electron chi connectivity index (χ3n) is 3.78. The summed E-state index contributed by atoms with van der Waals surface area (Å²) in [7, 11) is 0. The molecule has 0 aliphatic heterocycles. The van der Waals surface area contributed by atoms with Crippen molar-refractivity contribution < 1.29 is 18.7 Å². The smallest absolute Gasteiger partial charge is 0.335 e. The Labute approximate surface area is 155 Å². The topological polar surface area (TPSA) is 80.7 Å². The summed E-state index contributed by atoms with van der Waals surface area (Å²) in [6.07, 6.45) is 0. The van der Waals surface area contributed by atoms with Crippen LogP contribution in [0.4, 0.5) is 5.00 Å². The molecule has 0 radical (unpaired) electrons. The van der Waals surface area contributed by atoms with Gasteiger partial charge in [-0.25, -0.2) is 4.79 Å². The standard InChI is InChI=1S/C17H14ClNO4S2/c1-10-14-8-13(18)5-6-15(14)24-16(10)19(25(22)23)9-11-3-2-4-12(7-11)17(20)21/h2-8H,9H2,1H3,(H,20,21)(H,22,23)/p-1. The molecule has 1 heterocycles. The molecule has 2 aromatic carbocycles. The molecule has 130 valence electrons. The van der Waals surface area contributed by atoms with Gasteiger partial charge in [-0.05, 0) is 53.8 Å². The number of carboxylic acids is 1. The van der Waals surface area contributed by atoms with Gasteiger partial charge in [-0.2, -0.15) is 0 Å². The Hall–Kier alpha value is -1.93. The zero-order valence-corrected chi connectivity index (χ0v) is 15.5.